The fourth-order valence-electron chi connectivity index (χ4n) is 6.23. The van der Waals surface area contributed by atoms with Crippen molar-refractivity contribution in [1.82, 2.24) is 10.2 Å². The first-order valence-electron chi connectivity index (χ1n) is 10.7. The van der Waals surface area contributed by atoms with Crippen molar-refractivity contribution in [2.75, 3.05) is 12.8 Å². The number of sulfone groups is 1. The fourth-order valence-corrected chi connectivity index (χ4v) is 7.35. The highest BCUT2D eigenvalue weighted by Gasteiger charge is 2.43. The molecule has 2 aliphatic heterocycles. The maximum atomic E-state index is 11.8. The Kier molecular flexibility index (Phi) is 5.45. The summed E-state index contributed by atoms with van der Waals surface area (Å²) in [6.07, 6.45) is 17.1. The molecule has 0 aromatic carbocycles. The van der Waals surface area contributed by atoms with Crippen LogP contribution in [0.15, 0.2) is 0 Å². The maximum absolute atomic E-state index is 11.8. The van der Waals surface area contributed by atoms with Crippen LogP contribution in [0.1, 0.15) is 77.0 Å². The van der Waals surface area contributed by atoms with Crippen molar-refractivity contribution in [3.63, 3.8) is 0 Å². The lowest BCUT2D eigenvalue weighted by Gasteiger charge is -2.45. The molecule has 2 aliphatic carbocycles. The first kappa shape index (κ1) is 18.2. The second-order valence-electron chi connectivity index (χ2n) is 9.24. The number of likely N-dealkylation sites (tertiary alicyclic amines) is 1. The van der Waals surface area contributed by atoms with Crippen LogP contribution in [0.5, 0.6) is 0 Å². The highest BCUT2D eigenvalue weighted by Crippen LogP contribution is 2.40. The molecule has 2 heterocycles. The first-order chi connectivity index (χ1) is 12.0. The Morgan fingerprint density at radius 1 is 0.800 bits per heavy atom. The zero-order valence-electron chi connectivity index (χ0n) is 15.8. The van der Waals surface area contributed by atoms with Crippen LogP contribution in [-0.2, 0) is 9.84 Å². The largest absolute Gasteiger partial charge is 0.298 e. The summed E-state index contributed by atoms with van der Waals surface area (Å²) in [5.41, 5.74) is 0. The highest BCUT2D eigenvalue weighted by atomic mass is 32.2. The van der Waals surface area contributed by atoms with E-state index in [-0.39, 0.29) is 5.25 Å². The minimum atomic E-state index is -2.85. The van der Waals surface area contributed by atoms with Gasteiger partial charge in [-0.2, -0.15) is 0 Å². The number of nitrogens with one attached hydrogen (secondary N) is 1. The molecule has 4 fully saturated rings. The van der Waals surface area contributed by atoms with Crippen LogP contribution in [0.3, 0.4) is 0 Å². The van der Waals surface area contributed by atoms with Gasteiger partial charge >= 0.3 is 0 Å². The Morgan fingerprint density at radius 2 is 1.48 bits per heavy atom. The van der Waals surface area contributed by atoms with Crippen LogP contribution >= 0.6 is 0 Å². The van der Waals surface area contributed by atoms with Gasteiger partial charge in [0.15, 0.2) is 0 Å². The van der Waals surface area contributed by atoms with Gasteiger partial charge in [-0.15, -0.1) is 0 Å². The molecule has 0 bridgehead atoms. The molecule has 0 radical (unpaired) electrons. The Balaban J connectivity index is 1.36. The third kappa shape index (κ3) is 3.93. The van der Waals surface area contributed by atoms with Crippen molar-refractivity contribution in [1.29, 1.82) is 0 Å². The summed E-state index contributed by atoms with van der Waals surface area (Å²) in [5, 5.41) is 3.98. The molecule has 2 saturated carbocycles. The minimum absolute atomic E-state index is 0.0784. The standard InChI is InChI=1S/C20H36N2O2S/c1-25(23,24)18-10-7-15(8-11-18)19-12-9-16-13-14-22(20(16)21-19)17-5-3-2-4-6-17/h15-21H,2-14H2,1H3. The minimum Gasteiger partial charge on any atom is -0.298 e. The smallest absolute Gasteiger partial charge is 0.150 e. The molecule has 1 N–H and O–H groups in total. The number of fused-ring (bicyclic) bond motifs is 1. The Labute approximate surface area is 154 Å². The molecule has 2 saturated heterocycles. The molecule has 144 valence electrons. The van der Waals surface area contributed by atoms with Crippen molar-refractivity contribution < 1.29 is 8.42 Å². The van der Waals surface area contributed by atoms with Crippen LogP contribution in [0, 0.1) is 11.8 Å². The van der Waals surface area contributed by atoms with Crippen molar-refractivity contribution >= 4 is 9.84 Å². The average molecular weight is 369 g/mol. The molecular weight excluding hydrogens is 332 g/mol. The summed E-state index contributed by atoms with van der Waals surface area (Å²) in [5.74, 6) is 1.54. The molecule has 4 nitrogen and oxygen atoms in total. The SMILES string of the molecule is CS(=O)(=O)C1CCC(C2CCC3CCN(C4CCCCC4)C3N2)CC1. The Hall–Kier alpha value is -0.130. The fraction of sp³-hybridized carbons (Fsp3) is 1.00. The molecule has 0 amide bonds. The Morgan fingerprint density at radius 3 is 2.16 bits per heavy atom. The lowest BCUT2D eigenvalue weighted by atomic mass is 9.78. The summed E-state index contributed by atoms with van der Waals surface area (Å²) < 4.78 is 23.6. The summed E-state index contributed by atoms with van der Waals surface area (Å²) >= 11 is 0. The number of hydrogen-bond acceptors (Lipinski definition) is 4. The molecule has 0 spiro atoms. The van der Waals surface area contributed by atoms with Gasteiger partial charge in [0.2, 0.25) is 0 Å². The van der Waals surface area contributed by atoms with Crippen molar-refractivity contribution in [2.45, 2.75) is 101 Å². The lowest BCUT2D eigenvalue weighted by Crippen LogP contribution is -2.57. The molecule has 4 rings (SSSR count). The van der Waals surface area contributed by atoms with E-state index in [1.54, 1.807) is 0 Å². The van der Waals surface area contributed by atoms with Gasteiger partial charge < -0.3 is 0 Å². The van der Waals surface area contributed by atoms with E-state index in [4.69, 9.17) is 0 Å². The number of nitrogens with zero attached hydrogens (tertiary/aromatic N) is 1. The summed E-state index contributed by atoms with van der Waals surface area (Å²) in [7, 11) is -2.85. The van der Waals surface area contributed by atoms with Gasteiger partial charge in [-0.3, -0.25) is 10.2 Å². The predicted molar refractivity (Wildman–Crippen MR) is 102 cm³/mol. The number of hydrogen-bond donors (Lipinski definition) is 1. The molecule has 25 heavy (non-hydrogen) atoms. The van der Waals surface area contributed by atoms with Gasteiger partial charge in [0.25, 0.3) is 0 Å². The van der Waals surface area contributed by atoms with Gasteiger partial charge in [-0.05, 0) is 69.6 Å². The zero-order valence-corrected chi connectivity index (χ0v) is 16.6. The molecular formula is C20H36N2O2S. The second-order valence-corrected chi connectivity index (χ2v) is 11.6. The van der Waals surface area contributed by atoms with Crippen LogP contribution in [0.25, 0.3) is 0 Å². The third-order valence-electron chi connectivity index (χ3n) is 7.73. The maximum Gasteiger partial charge on any atom is 0.150 e. The zero-order chi connectivity index (χ0) is 17.4. The van der Waals surface area contributed by atoms with E-state index in [1.807, 2.05) is 0 Å². The average Bonchev–Trinajstić information content (AvgIpc) is 3.05. The molecule has 4 aliphatic rings. The van der Waals surface area contributed by atoms with Crippen LogP contribution < -0.4 is 5.32 Å². The quantitative estimate of drug-likeness (QED) is 0.830. The van der Waals surface area contributed by atoms with E-state index in [0.29, 0.717) is 18.1 Å². The third-order valence-corrected chi connectivity index (χ3v) is 9.41. The van der Waals surface area contributed by atoms with Crippen LogP contribution in [-0.4, -0.2) is 49.6 Å². The molecule has 3 atom stereocenters. The van der Waals surface area contributed by atoms with Gasteiger partial charge in [-0.1, -0.05) is 19.3 Å². The van der Waals surface area contributed by atoms with Gasteiger partial charge in [0.1, 0.15) is 9.84 Å². The van der Waals surface area contributed by atoms with Crippen molar-refractivity contribution in [3.8, 4) is 0 Å². The van der Waals surface area contributed by atoms with E-state index in [0.717, 1.165) is 37.6 Å². The van der Waals surface area contributed by atoms with Crippen molar-refractivity contribution in [2.24, 2.45) is 11.8 Å². The van der Waals surface area contributed by atoms with E-state index >= 15 is 0 Å². The van der Waals surface area contributed by atoms with Gasteiger partial charge in [0.05, 0.1) is 11.4 Å². The molecule has 5 heteroatoms. The molecule has 3 unspecified atom stereocenters. The van der Waals surface area contributed by atoms with Crippen LogP contribution in [0.4, 0.5) is 0 Å². The van der Waals surface area contributed by atoms with Crippen molar-refractivity contribution in [3.05, 3.63) is 0 Å². The highest BCUT2D eigenvalue weighted by molar-refractivity contribution is 7.91. The van der Waals surface area contributed by atoms with E-state index < -0.39 is 9.84 Å². The van der Waals surface area contributed by atoms with Crippen LogP contribution in [0.2, 0.25) is 0 Å². The van der Waals surface area contributed by atoms with Gasteiger partial charge in [0, 0.05) is 24.9 Å². The predicted octanol–water partition coefficient (Wildman–Crippen LogP) is 3.32. The lowest BCUT2D eigenvalue weighted by molar-refractivity contribution is 0.0598. The molecule has 0 aromatic rings. The summed E-state index contributed by atoms with van der Waals surface area (Å²) in [6.45, 7) is 1.29. The second kappa shape index (κ2) is 7.47. The van der Waals surface area contributed by atoms with E-state index in [9.17, 15) is 8.42 Å². The Bertz CT molecular complexity index is 550. The summed E-state index contributed by atoms with van der Waals surface area (Å²) in [4.78, 5) is 2.82. The topological polar surface area (TPSA) is 49.4 Å². The summed E-state index contributed by atoms with van der Waals surface area (Å²) in [6, 6.07) is 1.43. The normalized spacial score (nSPS) is 41.6. The van der Waals surface area contributed by atoms with Gasteiger partial charge in [-0.25, -0.2) is 8.42 Å². The van der Waals surface area contributed by atoms with E-state index in [2.05, 4.69) is 10.2 Å². The monoisotopic (exact) mass is 368 g/mol. The molecule has 0 aromatic heterocycles. The number of piperidine rings is 1. The first-order valence-corrected chi connectivity index (χ1v) is 12.7. The number of rotatable bonds is 3. The van der Waals surface area contributed by atoms with E-state index in [1.165, 1.54) is 64.2 Å².